The predicted molar refractivity (Wildman–Crippen MR) is 114 cm³/mol. The first-order chi connectivity index (χ1) is 14.6. The molecule has 1 atom stereocenters. The van der Waals surface area contributed by atoms with Crippen molar-refractivity contribution in [1.82, 2.24) is 9.97 Å². The molecule has 1 aromatic heterocycles. The number of nitrogens with zero attached hydrogens (tertiary/aromatic N) is 2. The fourth-order valence-corrected chi connectivity index (χ4v) is 3.73. The lowest BCUT2D eigenvalue weighted by Gasteiger charge is -2.32. The average molecular weight is 406 g/mol. The number of rotatable bonds is 4. The Morgan fingerprint density at radius 2 is 1.93 bits per heavy atom. The van der Waals surface area contributed by atoms with Gasteiger partial charge in [-0.15, -0.1) is 0 Å². The third kappa shape index (κ3) is 3.89. The van der Waals surface area contributed by atoms with E-state index in [1.807, 2.05) is 23.1 Å². The minimum atomic E-state index is -0.511. The van der Waals surface area contributed by atoms with Gasteiger partial charge in [0.05, 0.1) is 35.3 Å². The number of aromatic amines is 1. The first-order valence-corrected chi connectivity index (χ1v) is 9.79. The zero-order valence-electron chi connectivity index (χ0n) is 16.6. The summed E-state index contributed by atoms with van der Waals surface area (Å²) in [6.07, 6.45) is 1.44. The largest absolute Gasteiger partial charge is 0.465 e. The molecule has 0 bridgehead atoms. The van der Waals surface area contributed by atoms with Gasteiger partial charge in [-0.3, -0.25) is 9.59 Å². The highest BCUT2D eigenvalue weighted by Gasteiger charge is 2.28. The van der Waals surface area contributed by atoms with Crippen molar-refractivity contribution in [3.05, 3.63) is 64.4 Å². The number of para-hydroxylation sites is 3. The van der Waals surface area contributed by atoms with Crippen LogP contribution in [0.4, 0.5) is 11.5 Å². The van der Waals surface area contributed by atoms with Gasteiger partial charge in [0.25, 0.3) is 5.56 Å². The molecule has 154 valence electrons. The molecule has 2 aromatic carbocycles. The van der Waals surface area contributed by atoms with Crippen LogP contribution in [0.5, 0.6) is 0 Å². The van der Waals surface area contributed by atoms with Crippen LogP contribution < -0.4 is 15.8 Å². The minimum absolute atomic E-state index is 0.201. The molecule has 0 radical (unpaired) electrons. The topological polar surface area (TPSA) is 104 Å². The van der Waals surface area contributed by atoms with Crippen LogP contribution in [0, 0.1) is 5.92 Å². The van der Waals surface area contributed by atoms with Crippen LogP contribution in [-0.2, 0) is 9.53 Å². The monoisotopic (exact) mass is 406 g/mol. The number of H-pyrrole nitrogens is 1. The number of fused-ring (bicyclic) bond motifs is 1. The van der Waals surface area contributed by atoms with Gasteiger partial charge in [0.15, 0.2) is 5.82 Å². The second-order valence-electron chi connectivity index (χ2n) is 7.22. The Kier molecular flexibility index (Phi) is 5.47. The SMILES string of the molecule is COC(=O)c1ccccc1NC(=O)[C@H]1CCCN(c2nc3ccccc3[nH]c2=O)C1. The maximum atomic E-state index is 12.9. The summed E-state index contributed by atoms with van der Waals surface area (Å²) in [6, 6.07) is 14.1. The summed E-state index contributed by atoms with van der Waals surface area (Å²) in [5.74, 6) is -0.727. The molecule has 0 unspecified atom stereocenters. The standard InChI is InChI=1S/C22H22N4O4/c1-30-22(29)15-8-2-3-9-16(15)24-20(27)14-7-6-12-26(13-14)19-21(28)25-18-11-5-4-10-17(18)23-19/h2-5,8-11,14H,6-7,12-13H2,1H3,(H,24,27)(H,25,28)/t14-/m0/s1. The number of carbonyl (C=O) groups is 2. The fraction of sp³-hybridized carbons (Fsp3) is 0.273. The lowest BCUT2D eigenvalue weighted by atomic mass is 9.97. The first kappa shape index (κ1) is 19.6. The van der Waals surface area contributed by atoms with Crippen molar-refractivity contribution in [2.75, 3.05) is 30.4 Å². The van der Waals surface area contributed by atoms with Crippen molar-refractivity contribution in [3.63, 3.8) is 0 Å². The Bertz CT molecular complexity index is 1160. The molecule has 0 aliphatic carbocycles. The molecule has 0 spiro atoms. The molecule has 2 heterocycles. The van der Waals surface area contributed by atoms with Gasteiger partial charge in [-0.25, -0.2) is 9.78 Å². The van der Waals surface area contributed by atoms with E-state index in [0.29, 0.717) is 47.6 Å². The third-order valence-corrected chi connectivity index (χ3v) is 5.26. The van der Waals surface area contributed by atoms with E-state index in [1.165, 1.54) is 7.11 Å². The van der Waals surface area contributed by atoms with E-state index in [2.05, 4.69) is 15.3 Å². The van der Waals surface area contributed by atoms with Crippen LogP contribution in [0.1, 0.15) is 23.2 Å². The Balaban J connectivity index is 1.54. The van der Waals surface area contributed by atoms with E-state index in [4.69, 9.17) is 4.74 Å². The van der Waals surface area contributed by atoms with Gasteiger partial charge >= 0.3 is 5.97 Å². The number of nitrogens with one attached hydrogen (secondary N) is 2. The van der Waals surface area contributed by atoms with Gasteiger partial charge in [-0.05, 0) is 37.1 Å². The van der Waals surface area contributed by atoms with E-state index >= 15 is 0 Å². The van der Waals surface area contributed by atoms with Crippen molar-refractivity contribution in [3.8, 4) is 0 Å². The van der Waals surface area contributed by atoms with Crippen molar-refractivity contribution in [1.29, 1.82) is 0 Å². The van der Waals surface area contributed by atoms with E-state index in [9.17, 15) is 14.4 Å². The molecule has 8 nitrogen and oxygen atoms in total. The van der Waals surface area contributed by atoms with Crippen LogP contribution in [0.15, 0.2) is 53.3 Å². The molecule has 4 rings (SSSR count). The molecule has 1 saturated heterocycles. The summed E-state index contributed by atoms with van der Waals surface area (Å²) < 4.78 is 4.78. The fourth-order valence-electron chi connectivity index (χ4n) is 3.73. The van der Waals surface area contributed by atoms with Gasteiger partial charge in [0.2, 0.25) is 5.91 Å². The maximum Gasteiger partial charge on any atom is 0.339 e. The van der Waals surface area contributed by atoms with Gasteiger partial charge in [-0.2, -0.15) is 0 Å². The van der Waals surface area contributed by atoms with Crippen LogP contribution >= 0.6 is 0 Å². The molecule has 1 amide bonds. The van der Waals surface area contributed by atoms with Gasteiger partial charge < -0.3 is 19.9 Å². The second kappa shape index (κ2) is 8.36. The van der Waals surface area contributed by atoms with E-state index in [1.54, 1.807) is 30.3 Å². The Labute approximate surface area is 172 Å². The van der Waals surface area contributed by atoms with Crippen molar-refractivity contribution < 1.29 is 14.3 Å². The summed E-state index contributed by atoms with van der Waals surface area (Å²) in [7, 11) is 1.30. The Morgan fingerprint density at radius 3 is 2.77 bits per heavy atom. The average Bonchev–Trinajstić information content (AvgIpc) is 2.78. The predicted octanol–water partition coefficient (Wildman–Crippen LogP) is 2.56. The summed E-state index contributed by atoms with van der Waals surface area (Å²) >= 11 is 0. The lowest BCUT2D eigenvalue weighted by molar-refractivity contribution is -0.120. The number of aromatic nitrogens is 2. The van der Waals surface area contributed by atoms with Gasteiger partial charge in [0, 0.05) is 13.1 Å². The highest BCUT2D eigenvalue weighted by molar-refractivity contribution is 6.02. The number of carbonyl (C=O) groups excluding carboxylic acids is 2. The number of anilines is 2. The molecule has 0 saturated carbocycles. The zero-order valence-corrected chi connectivity index (χ0v) is 16.6. The third-order valence-electron chi connectivity index (χ3n) is 5.26. The molecular weight excluding hydrogens is 384 g/mol. The molecule has 1 aliphatic heterocycles. The van der Waals surface area contributed by atoms with Crippen molar-refractivity contribution >= 4 is 34.4 Å². The summed E-state index contributed by atoms with van der Waals surface area (Å²) in [5.41, 5.74) is 1.82. The summed E-state index contributed by atoms with van der Waals surface area (Å²) in [4.78, 5) is 46.6. The molecule has 30 heavy (non-hydrogen) atoms. The number of piperidine rings is 1. The number of esters is 1. The number of ether oxygens (including phenoxy) is 1. The van der Waals surface area contributed by atoms with Crippen LogP contribution in [-0.4, -0.2) is 42.0 Å². The van der Waals surface area contributed by atoms with Gasteiger partial charge in [0.1, 0.15) is 0 Å². The van der Waals surface area contributed by atoms with Crippen LogP contribution in [0.3, 0.4) is 0 Å². The van der Waals surface area contributed by atoms with E-state index in [0.717, 1.165) is 6.42 Å². The maximum absolute atomic E-state index is 12.9. The number of hydrogen-bond donors (Lipinski definition) is 2. The van der Waals surface area contributed by atoms with Crippen LogP contribution in [0.25, 0.3) is 11.0 Å². The second-order valence-corrected chi connectivity index (χ2v) is 7.22. The minimum Gasteiger partial charge on any atom is -0.465 e. The quantitative estimate of drug-likeness (QED) is 0.646. The summed E-state index contributed by atoms with van der Waals surface area (Å²) in [5, 5.41) is 2.84. The van der Waals surface area contributed by atoms with Crippen molar-refractivity contribution in [2.24, 2.45) is 5.92 Å². The number of benzene rings is 2. The van der Waals surface area contributed by atoms with Gasteiger partial charge in [-0.1, -0.05) is 24.3 Å². The van der Waals surface area contributed by atoms with Crippen LogP contribution in [0.2, 0.25) is 0 Å². The molecule has 8 heteroatoms. The molecule has 3 aromatic rings. The number of methoxy groups -OCH3 is 1. The molecule has 2 N–H and O–H groups in total. The zero-order chi connectivity index (χ0) is 21.1. The first-order valence-electron chi connectivity index (χ1n) is 9.79. The normalized spacial score (nSPS) is 16.3. The lowest BCUT2D eigenvalue weighted by Crippen LogP contribution is -2.43. The Morgan fingerprint density at radius 1 is 1.17 bits per heavy atom. The molecular formula is C22H22N4O4. The number of hydrogen-bond acceptors (Lipinski definition) is 6. The molecule has 1 aliphatic rings. The highest BCUT2D eigenvalue weighted by Crippen LogP contribution is 2.23. The Hall–Kier alpha value is -3.68. The number of amides is 1. The van der Waals surface area contributed by atoms with E-state index in [-0.39, 0.29) is 17.4 Å². The summed E-state index contributed by atoms with van der Waals surface area (Å²) in [6.45, 7) is 1.03. The highest BCUT2D eigenvalue weighted by atomic mass is 16.5. The van der Waals surface area contributed by atoms with Crippen molar-refractivity contribution in [2.45, 2.75) is 12.8 Å². The smallest absolute Gasteiger partial charge is 0.339 e. The molecule has 1 fully saturated rings. The van der Waals surface area contributed by atoms with E-state index < -0.39 is 5.97 Å².